The Labute approximate surface area is 115 Å². The van der Waals surface area contributed by atoms with E-state index in [1.54, 1.807) is 7.11 Å². The lowest BCUT2D eigenvalue weighted by Gasteiger charge is -2.08. The lowest BCUT2D eigenvalue weighted by Crippen LogP contribution is -2.25. The Morgan fingerprint density at radius 1 is 1.42 bits per heavy atom. The van der Waals surface area contributed by atoms with Crippen LogP contribution < -0.4 is 15.8 Å². The summed E-state index contributed by atoms with van der Waals surface area (Å²) in [7, 11) is 1.59. The molecule has 4 nitrogen and oxygen atoms in total. The molecule has 0 aromatic heterocycles. The molecule has 19 heavy (non-hydrogen) atoms. The number of nitrogens with two attached hydrogens (primary N) is 1. The number of nitrogens with one attached hydrogen (secondary N) is 1. The van der Waals surface area contributed by atoms with Crippen molar-refractivity contribution >= 4 is 11.6 Å². The summed E-state index contributed by atoms with van der Waals surface area (Å²) in [6.07, 6.45) is 2.20. The number of ether oxygens (including phenoxy) is 1. The zero-order valence-electron chi connectivity index (χ0n) is 12.0. The SMILES string of the molecule is COc1ccc(CCC(=O)NCCC(C)C)cc1N. The first-order chi connectivity index (χ1) is 9.02. The summed E-state index contributed by atoms with van der Waals surface area (Å²) in [5.74, 6) is 1.38. The second-order valence-electron chi connectivity index (χ2n) is 5.11. The van der Waals surface area contributed by atoms with E-state index in [4.69, 9.17) is 10.5 Å². The van der Waals surface area contributed by atoms with Crippen molar-refractivity contribution in [2.24, 2.45) is 5.92 Å². The highest BCUT2D eigenvalue weighted by molar-refractivity contribution is 5.76. The van der Waals surface area contributed by atoms with Gasteiger partial charge < -0.3 is 15.8 Å². The Kier molecular flexibility index (Phi) is 6.19. The quantitative estimate of drug-likeness (QED) is 0.743. The molecule has 1 aromatic carbocycles. The van der Waals surface area contributed by atoms with E-state index < -0.39 is 0 Å². The van der Waals surface area contributed by atoms with Crippen LogP contribution in [0.5, 0.6) is 5.75 Å². The maximum absolute atomic E-state index is 11.6. The van der Waals surface area contributed by atoms with Crippen molar-refractivity contribution in [3.05, 3.63) is 23.8 Å². The van der Waals surface area contributed by atoms with Crippen molar-refractivity contribution in [3.8, 4) is 5.75 Å². The number of methoxy groups -OCH3 is 1. The van der Waals surface area contributed by atoms with E-state index >= 15 is 0 Å². The molecule has 0 radical (unpaired) electrons. The fraction of sp³-hybridized carbons (Fsp3) is 0.533. The number of amides is 1. The first-order valence-corrected chi connectivity index (χ1v) is 6.72. The maximum atomic E-state index is 11.6. The minimum Gasteiger partial charge on any atom is -0.495 e. The molecule has 4 heteroatoms. The highest BCUT2D eigenvalue weighted by Crippen LogP contribution is 2.22. The molecule has 0 saturated carbocycles. The average Bonchev–Trinajstić information content (AvgIpc) is 2.36. The number of aryl methyl sites for hydroxylation is 1. The summed E-state index contributed by atoms with van der Waals surface area (Å²) in [6.45, 7) is 5.04. The summed E-state index contributed by atoms with van der Waals surface area (Å²) in [4.78, 5) is 11.6. The lowest BCUT2D eigenvalue weighted by molar-refractivity contribution is -0.121. The minimum absolute atomic E-state index is 0.0926. The summed E-state index contributed by atoms with van der Waals surface area (Å²) >= 11 is 0. The predicted molar refractivity (Wildman–Crippen MR) is 78.2 cm³/mol. The summed E-state index contributed by atoms with van der Waals surface area (Å²) in [5.41, 5.74) is 7.49. The van der Waals surface area contributed by atoms with Crippen LogP contribution in [0.1, 0.15) is 32.3 Å². The van der Waals surface area contributed by atoms with Gasteiger partial charge in [0.25, 0.3) is 0 Å². The van der Waals surface area contributed by atoms with E-state index in [9.17, 15) is 4.79 Å². The van der Waals surface area contributed by atoms with E-state index in [1.165, 1.54) is 0 Å². The highest BCUT2D eigenvalue weighted by Gasteiger charge is 2.05. The Morgan fingerprint density at radius 3 is 2.74 bits per heavy atom. The summed E-state index contributed by atoms with van der Waals surface area (Å²) in [6, 6.07) is 5.64. The van der Waals surface area contributed by atoms with Gasteiger partial charge in [0.05, 0.1) is 12.8 Å². The first-order valence-electron chi connectivity index (χ1n) is 6.72. The third kappa shape index (κ3) is 5.64. The predicted octanol–water partition coefficient (Wildman–Crippen LogP) is 2.37. The second-order valence-corrected chi connectivity index (χ2v) is 5.11. The number of benzene rings is 1. The molecular weight excluding hydrogens is 240 g/mol. The Hall–Kier alpha value is -1.71. The molecule has 1 rings (SSSR count). The van der Waals surface area contributed by atoms with Crippen LogP contribution in [0.15, 0.2) is 18.2 Å². The van der Waals surface area contributed by atoms with Crippen molar-refractivity contribution in [2.45, 2.75) is 33.1 Å². The molecule has 0 heterocycles. The molecule has 0 bridgehead atoms. The molecule has 0 saturated heterocycles. The van der Waals surface area contributed by atoms with E-state index in [-0.39, 0.29) is 5.91 Å². The Morgan fingerprint density at radius 2 is 2.16 bits per heavy atom. The van der Waals surface area contributed by atoms with Gasteiger partial charge in [-0.05, 0) is 36.5 Å². The zero-order valence-corrected chi connectivity index (χ0v) is 12.0. The van der Waals surface area contributed by atoms with E-state index in [1.807, 2.05) is 18.2 Å². The van der Waals surface area contributed by atoms with E-state index in [0.29, 0.717) is 30.2 Å². The molecule has 0 fully saturated rings. The van der Waals surface area contributed by atoms with Crippen molar-refractivity contribution in [3.63, 3.8) is 0 Å². The molecule has 0 aliphatic carbocycles. The van der Waals surface area contributed by atoms with Crippen LogP contribution in [0.4, 0.5) is 5.69 Å². The second kappa shape index (κ2) is 7.67. The third-order valence-corrected chi connectivity index (χ3v) is 2.98. The fourth-order valence-corrected chi connectivity index (χ4v) is 1.79. The van der Waals surface area contributed by atoms with Gasteiger partial charge in [0.1, 0.15) is 5.75 Å². The van der Waals surface area contributed by atoms with Gasteiger partial charge in [0.15, 0.2) is 0 Å². The monoisotopic (exact) mass is 264 g/mol. The Bertz CT molecular complexity index is 417. The summed E-state index contributed by atoms with van der Waals surface area (Å²) < 4.78 is 5.10. The standard InChI is InChI=1S/C15H24N2O2/c1-11(2)8-9-17-15(18)7-5-12-4-6-14(19-3)13(16)10-12/h4,6,10-11H,5,7-9,16H2,1-3H3,(H,17,18). The first kappa shape index (κ1) is 15.3. The number of hydrogen-bond donors (Lipinski definition) is 2. The van der Waals surface area contributed by atoms with E-state index in [2.05, 4.69) is 19.2 Å². The van der Waals surface area contributed by atoms with Crippen molar-refractivity contribution in [2.75, 3.05) is 19.4 Å². The number of carbonyl (C=O) groups is 1. The van der Waals surface area contributed by atoms with Crippen molar-refractivity contribution < 1.29 is 9.53 Å². The smallest absolute Gasteiger partial charge is 0.220 e. The van der Waals surface area contributed by atoms with Crippen LogP contribution >= 0.6 is 0 Å². The molecule has 0 aliphatic rings. The van der Waals surface area contributed by atoms with Crippen LogP contribution in [-0.4, -0.2) is 19.6 Å². The van der Waals surface area contributed by atoms with Crippen LogP contribution in [0, 0.1) is 5.92 Å². The van der Waals surface area contributed by atoms with Gasteiger partial charge in [-0.3, -0.25) is 4.79 Å². The average molecular weight is 264 g/mol. The van der Waals surface area contributed by atoms with Gasteiger partial charge in [-0.1, -0.05) is 19.9 Å². The molecule has 0 aliphatic heterocycles. The van der Waals surface area contributed by atoms with Crippen LogP contribution in [0.25, 0.3) is 0 Å². The van der Waals surface area contributed by atoms with Gasteiger partial charge in [-0.15, -0.1) is 0 Å². The van der Waals surface area contributed by atoms with Crippen LogP contribution in [-0.2, 0) is 11.2 Å². The van der Waals surface area contributed by atoms with Gasteiger partial charge in [0.2, 0.25) is 5.91 Å². The van der Waals surface area contributed by atoms with Gasteiger partial charge in [0, 0.05) is 13.0 Å². The number of hydrogen-bond acceptors (Lipinski definition) is 3. The molecular formula is C15H24N2O2. The van der Waals surface area contributed by atoms with E-state index in [0.717, 1.165) is 18.5 Å². The molecule has 3 N–H and O–H groups in total. The molecule has 106 valence electrons. The topological polar surface area (TPSA) is 64.3 Å². The number of anilines is 1. The maximum Gasteiger partial charge on any atom is 0.220 e. The van der Waals surface area contributed by atoms with Crippen LogP contribution in [0.2, 0.25) is 0 Å². The third-order valence-electron chi connectivity index (χ3n) is 2.98. The molecule has 0 unspecified atom stereocenters. The van der Waals surface area contributed by atoms with Crippen LogP contribution in [0.3, 0.4) is 0 Å². The van der Waals surface area contributed by atoms with Crippen molar-refractivity contribution in [1.82, 2.24) is 5.32 Å². The van der Waals surface area contributed by atoms with Crippen molar-refractivity contribution in [1.29, 1.82) is 0 Å². The molecule has 0 spiro atoms. The number of rotatable bonds is 7. The molecule has 0 atom stereocenters. The summed E-state index contributed by atoms with van der Waals surface area (Å²) in [5, 5.41) is 2.93. The number of nitrogen functional groups attached to an aromatic ring is 1. The fourth-order valence-electron chi connectivity index (χ4n) is 1.79. The van der Waals surface area contributed by atoms with Gasteiger partial charge in [-0.25, -0.2) is 0 Å². The zero-order chi connectivity index (χ0) is 14.3. The molecule has 1 aromatic rings. The molecule has 1 amide bonds. The largest absolute Gasteiger partial charge is 0.495 e. The van der Waals surface area contributed by atoms with Gasteiger partial charge >= 0.3 is 0 Å². The Balaban J connectivity index is 2.36. The highest BCUT2D eigenvalue weighted by atomic mass is 16.5. The minimum atomic E-state index is 0.0926. The number of carbonyl (C=O) groups excluding carboxylic acids is 1. The lowest BCUT2D eigenvalue weighted by atomic mass is 10.1. The van der Waals surface area contributed by atoms with Gasteiger partial charge in [-0.2, -0.15) is 0 Å². The normalized spacial score (nSPS) is 10.5.